The second-order valence-electron chi connectivity index (χ2n) is 3.67. The number of aromatic hydroxyl groups is 2. The number of phenolic OH excluding ortho intramolecular Hbond substituents is 2. The summed E-state index contributed by atoms with van der Waals surface area (Å²) < 4.78 is 0. The maximum Gasteiger partial charge on any atom is 0.115 e. The van der Waals surface area contributed by atoms with Gasteiger partial charge in [-0.3, -0.25) is 0 Å². The third-order valence-corrected chi connectivity index (χ3v) is 2.40. The first-order valence-corrected chi connectivity index (χ1v) is 5.14. The summed E-state index contributed by atoms with van der Waals surface area (Å²) in [6.07, 6.45) is 2.89. The van der Waals surface area contributed by atoms with Crippen molar-refractivity contribution in [2.24, 2.45) is 0 Å². The van der Waals surface area contributed by atoms with Crippen molar-refractivity contribution in [1.29, 1.82) is 0 Å². The Kier molecular flexibility index (Phi) is 3.10. The normalized spacial score (nSPS) is 10.2. The van der Waals surface area contributed by atoms with Crippen LogP contribution in [0.15, 0.2) is 48.5 Å². The largest absolute Gasteiger partial charge is 0.508 e. The maximum atomic E-state index is 9.13. The molecule has 81 valence electrons. The highest BCUT2D eigenvalue weighted by Crippen LogP contribution is 2.15. The molecule has 0 aliphatic heterocycles. The summed E-state index contributed by atoms with van der Waals surface area (Å²) in [5, 5.41) is 18.3. The molecule has 0 heterocycles. The molecule has 0 aromatic heterocycles. The van der Waals surface area contributed by atoms with Gasteiger partial charge >= 0.3 is 0 Å². The van der Waals surface area contributed by atoms with Crippen LogP contribution >= 0.6 is 0 Å². The molecule has 0 amide bonds. The van der Waals surface area contributed by atoms with Gasteiger partial charge in [0.15, 0.2) is 0 Å². The van der Waals surface area contributed by atoms with Crippen molar-refractivity contribution in [2.75, 3.05) is 0 Å². The van der Waals surface area contributed by atoms with Gasteiger partial charge in [0.05, 0.1) is 0 Å². The van der Waals surface area contributed by atoms with Gasteiger partial charge in [-0.1, -0.05) is 24.3 Å². The van der Waals surface area contributed by atoms with Crippen molar-refractivity contribution < 1.29 is 10.2 Å². The van der Waals surface area contributed by atoms with Crippen LogP contribution in [0.1, 0.15) is 11.1 Å². The van der Waals surface area contributed by atoms with Gasteiger partial charge in [-0.25, -0.2) is 0 Å². The zero-order valence-electron chi connectivity index (χ0n) is 8.80. The Labute approximate surface area is 94.8 Å². The highest BCUT2D eigenvalue weighted by molar-refractivity contribution is 5.33. The van der Waals surface area contributed by atoms with E-state index in [1.165, 1.54) is 0 Å². The van der Waals surface area contributed by atoms with E-state index in [0.717, 1.165) is 17.5 Å². The van der Waals surface area contributed by atoms with E-state index in [1.54, 1.807) is 24.3 Å². The third-order valence-electron chi connectivity index (χ3n) is 2.40. The Morgan fingerprint density at radius 1 is 0.750 bits per heavy atom. The molecule has 16 heavy (non-hydrogen) atoms. The van der Waals surface area contributed by atoms with Gasteiger partial charge in [0.2, 0.25) is 0 Å². The number of hydrogen-bond donors (Lipinski definition) is 2. The summed E-state index contributed by atoms with van der Waals surface area (Å²) in [5.74, 6) is 0.565. The molecule has 0 fully saturated rings. The van der Waals surface area contributed by atoms with Gasteiger partial charge in [-0.2, -0.15) is 0 Å². The van der Waals surface area contributed by atoms with Gasteiger partial charge < -0.3 is 10.2 Å². The number of rotatable bonds is 3. The van der Waals surface area contributed by atoms with E-state index in [0.29, 0.717) is 0 Å². The molecule has 2 aromatic rings. The van der Waals surface area contributed by atoms with E-state index < -0.39 is 0 Å². The number of hydrogen-bond acceptors (Lipinski definition) is 2. The predicted octanol–water partition coefficient (Wildman–Crippen LogP) is 2.89. The van der Waals surface area contributed by atoms with Crippen molar-refractivity contribution in [3.8, 4) is 11.5 Å². The van der Waals surface area contributed by atoms with Crippen LogP contribution in [0.25, 0.3) is 0 Å². The summed E-state index contributed by atoms with van der Waals surface area (Å²) in [6, 6.07) is 14.2. The van der Waals surface area contributed by atoms with Crippen LogP contribution in [0.2, 0.25) is 0 Å². The third kappa shape index (κ3) is 2.76. The van der Waals surface area contributed by atoms with Gasteiger partial charge in [0.1, 0.15) is 11.5 Å². The van der Waals surface area contributed by atoms with Crippen LogP contribution in [0, 0.1) is 6.42 Å². The molecule has 0 spiro atoms. The molecule has 2 aromatic carbocycles. The lowest BCUT2D eigenvalue weighted by atomic mass is 10.0. The van der Waals surface area contributed by atoms with Crippen molar-refractivity contribution >= 4 is 0 Å². The average molecular weight is 213 g/mol. The van der Waals surface area contributed by atoms with Crippen molar-refractivity contribution in [1.82, 2.24) is 0 Å². The molecule has 2 heteroatoms. The molecule has 2 nitrogen and oxygen atoms in total. The Morgan fingerprint density at radius 2 is 1.25 bits per heavy atom. The lowest BCUT2D eigenvalue weighted by Crippen LogP contribution is -1.87. The second kappa shape index (κ2) is 4.71. The minimum absolute atomic E-state index is 0.279. The van der Waals surface area contributed by atoms with Crippen LogP contribution < -0.4 is 0 Å². The molecule has 1 radical (unpaired) electrons. The molecule has 0 aliphatic rings. The highest BCUT2D eigenvalue weighted by Gasteiger charge is 1.97. The fraction of sp³-hybridized carbons (Fsp3) is 0.0714. The van der Waals surface area contributed by atoms with E-state index >= 15 is 0 Å². The maximum absolute atomic E-state index is 9.13. The summed E-state index contributed by atoms with van der Waals surface area (Å²) in [4.78, 5) is 0. The summed E-state index contributed by atoms with van der Waals surface area (Å²) >= 11 is 0. The van der Waals surface area contributed by atoms with Crippen LogP contribution in [0.3, 0.4) is 0 Å². The van der Waals surface area contributed by atoms with Crippen molar-refractivity contribution in [2.45, 2.75) is 6.42 Å². The Bertz CT molecular complexity index is 398. The van der Waals surface area contributed by atoms with Crippen LogP contribution in [-0.4, -0.2) is 10.2 Å². The standard InChI is InChI=1S/C14H13O2/c15-13-7-3-11(4-8-13)1-2-12-5-9-14(16)10-6-12/h1,3-10,15-16H,2H2. The van der Waals surface area contributed by atoms with Gasteiger partial charge in [-0.15, -0.1) is 0 Å². The minimum atomic E-state index is 0.279. The Hall–Kier alpha value is -1.96. The zero-order chi connectivity index (χ0) is 11.4. The predicted molar refractivity (Wildman–Crippen MR) is 63.3 cm³/mol. The molecular weight excluding hydrogens is 200 g/mol. The summed E-state index contributed by atoms with van der Waals surface area (Å²) in [7, 11) is 0. The molecular formula is C14H13O2. The van der Waals surface area contributed by atoms with Crippen molar-refractivity contribution in [3.05, 3.63) is 66.1 Å². The molecule has 0 aliphatic carbocycles. The van der Waals surface area contributed by atoms with E-state index in [-0.39, 0.29) is 11.5 Å². The number of benzene rings is 2. The molecule has 0 unspecified atom stereocenters. The lowest BCUT2D eigenvalue weighted by molar-refractivity contribution is 0.474. The molecule has 0 atom stereocenters. The zero-order valence-corrected chi connectivity index (χ0v) is 8.80. The SMILES string of the molecule is Oc1ccc([CH]Cc2ccc(O)cc2)cc1. The first kappa shape index (κ1) is 10.6. The van der Waals surface area contributed by atoms with Gasteiger partial charge in [0, 0.05) is 0 Å². The minimum Gasteiger partial charge on any atom is -0.508 e. The summed E-state index contributed by atoms with van der Waals surface area (Å²) in [6.45, 7) is 0. The average Bonchev–Trinajstić information content (AvgIpc) is 2.30. The fourth-order valence-corrected chi connectivity index (χ4v) is 1.48. The first-order chi connectivity index (χ1) is 7.74. The van der Waals surface area contributed by atoms with E-state index in [4.69, 9.17) is 10.2 Å². The van der Waals surface area contributed by atoms with Gasteiger partial charge in [0.25, 0.3) is 0 Å². The topological polar surface area (TPSA) is 40.5 Å². The second-order valence-corrected chi connectivity index (χ2v) is 3.67. The molecule has 0 saturated heterocycles. The first-order valence-electron chi connectivity index (χ1n) is 5.14. The highest BCUT2D eigenvalue weighted by atomic mass is 16.3. The Balaban J connectivity index is 1.97. The monoisotopic (exact) mass is 213 g/mol. The van der Waals surface area contributed by atoms with Crippen LogP contribution in [-0.2, 0) is 6.42 Å². The van der Waals surface area contributed by atoms with Crippen molar-refractivity contribution in [3.63, 3.8) is 0 Å². The molecule has 2 N–H and O–H groups in total. The van der Waals surface area contributed by atoms with Crippen LogP contribution in [0.5, 0.6) is 11.5 Å². The smallest absolute Gasteiger partial charge is 0.115 e. The summed E-state index contributed by atoms with van der Waals surface area (Å²) in [5.41, 5.74) is 2.22. The molecule has 2 rings (SSSR count). The molecule has 0 bridgehead atoms. The van der Waals surface area contributed by atoms with E-state index in [2.05, 4.69) is 6.42 Å². The Morgan fingerprint density at radius 3 is 1.81 bits per heavy atom. The number of phenols is 2. The lowest BCUT2D eigenvalue weighted by Gasteiger charge is -2.02. The van der Waals surface area contributed by atoms with Gasteiger partial charge in [-0.05, 0) is 48.2 Å². The van der Waals surface area contributed by atoms with E-state index in [9.17, 15) is 0 Å². The molecule has 0 saturated carbocycles. The van der Waals surface area contributed by atoms with E-state index in [1.807, 2.05) is 24.3 Å². The van der Waals surface area contributed by atoms with Crippen LogP contribution in [0.4, 0.5) is 0 Å². The quantitative estimate of drug-likeness (QED) is 0.823. The fourth-order valence-electron chi connectivity index (χ4n) is 1.48.